The predicted molar refractivity (Wildman–Crippen MR) is 54.2 cm³/mol. The Hall–Kier alpha value is -0.620. The van der Waals surface area contributed by atoms with Crippen LogP contribution in [0.15, 0.2) is 0 Å². The molecule has 1 aliphatic rings. The molecule has 15 heavy (non-hydrogen) atoms. The van der Waals surface area contributed by atoms with Gasteiger partial charge in [0.25, 0.3) is 0 Å². The van der Waals surface area contributed by atoms with Gasteiger partial charge in [0.05, 0.1) is 23.5 Å². The lowest BCUT2D eigenvalue weighted by Crippen LogP contribution is -2.27. The van der Waals surface area contributed by atoms with Gasteiger partial charge in [-0.15, -0.1) is 0 Å². The summed E-state index contributed by atoms with van der Waals surface area (Å²) in [6.45, 7) is 1.51. The Balaban J connectivity index is 2.70. The fourth-order valence-corrected chi connectivity index (χ4v) is 3.88. The van der Waals surface area contributed by atoms with Crippen LogP contribution in [0.3, 0.4) is 0 Å². The molecule has 1 heterocycles. The average Bonchev–Trinajstić information content (AvgIpc) is 2.41. The summed E-state index contributed by atoms with van der Waals surface area (Å²) < 4.78 is 22.4. The third-order valence-corrected chi connectivity index (χ3v) is 4.54. The van der Waals surface area contributed by atoms with Gasteiger partial charge in [-0.25, -0.2) is 8.42 Å². The van der Waals surface area contributed by atoms with E-state index in [9.17, 15) is 13.2 Å². The summed E-state index contributed by atoms with van der Waals surface area (Å²) in [6, 6.07) is 0. The highest BCUT2D eigenvalue weighted by molar-refractivity contribution is 7.91. The normalized spacial score (nSPS) is 28.5. The molecule has 0 amide bonds. The summed E-state index contributed by atoms with van der Waals surface area (Å²) >= 11 is 0. The van der Waals surface area contributed by atoms with Gasteiger partial charge in [-0.05, 0) is 25.7 Å². The van der Waals surface area contributed by atoms with Gasteiger partial charge in [-0.2, -0.15) is 0 Å². The van der Waals surface area contributed by atoms with E-state index in [1.54, 1.807) is 0 Å². The number of sulfone groups is 1. The van der Waals surface area contributed by atoms with Crippen molar-refractivity contribution in [2.75, 3.05) is 11.5 Å². The molecular weight excluding hydrogens is 220 g/mol. The zero-order chi connectivity index (χ0) is 11.6. The molecule has 6 heteroatoms. The van der Waals surface area contributed by atoms with E-state index in [0.717, 1.165) is 0 Å². The minimum Gasteiger partial charge on any atom is -0.481 e. The highest BCUT2D eigenvalue weighted by Gasteiger charge is 2.37. The number of hydrogen-bond acceptors (Lipinski definition) is 4. The summed E-state index contributed by atoms with van der Waals surface area (Å²) in [7, 11) is -3.05. The number of aliphatic hydroxyl groups excluding tert-OH is 1. The maximum atomic E-state index is 11.2. The Labute approximate surface area is 89.0 Å². The zero-order valence-corrected chi connectivity index (χ0v) is 9.40. The summed E-state index contributed by atoms with van der Waals surface area (Å²) in [5.41, 5.74) is 0. The minimum absolute atomic E-state index is 0.0588. The molecule has 5 nitrogen and oxygen atoms in total. The second-order valence-corrected chi connectivity index (χ2v) is 6.42. The molecule has 1 aliphatic heterocycles. The van der Waals surface area contributed by atoms with Crippen LogP contribution in [0.5, 0.6) is 0 Å². The van der Waals surface area contributed by atoms with Crippen molar-refractivity contribution in [2.24, 2.45) is 11.8 Å². The Kier molecular flexibility index (Phi) is 3.72. The molecule has 0 bridgehead atoms. The van der Waals surface area contributed by atoms with Gasteiger partial charge in [-0.3, -0.25) is 4.79 Å². The van der Waals surface area contributed by atoms with Crippen LogP contribution in [0.1, 0.15) is 19.8 Å². The molecule has 3 atom stereocenters. The number of carbonyl (C=O) groups is 1. The summed E-state index contributed by atoms with van der Waals surface area (Å²) in [6.07, 6.45) is -0.198. The van der Waals surface area contributed by atoms with Gasteiger partial charge in [0.2, 0.25) is 0 Å². The first kappa shape index (κ1) is 12.4. The summed E-state index contributed by atoms with van der Waals surface area (Å²) in [5.74, 6) is -2.10. The molecule has 88 valence electrons. The third kappa shape index (κ3) is 3.46. The average molecular weight is 236 g/mol. The third-order valence-electron chi connectivity index (χ3n) is 2.75. The van der Waals surface area contributed by atoms with Crippen molar-refractivity contribution in [3.63, 3.8) is 0 Å². The number of carboxylic acid groups (broad SMARTS) is 1. The van der Waals surface area contributed by atoms with Crippen LogP contribution >= 0.6 is 0 Å². The van der Waals surface area contributed by atoms with E-state index in [2.05, 4.69) is 0 Å². The van der Waals surface area contributed by atoms with Crippen molar-refractivity contribution in [1.82, 2.24) is 0 Å². The van der Waals surface area contributed by atoms with Gasteiger partial charge in [0.1, 0.15) is 0 Å². The van der Waals surface area contributed by atoms with Crippen molar-refractivity contribution in [3.8, 4) is 0 Å². The Morgan fingerprint density at radius 1 is 1.53 bits per heavy atom. The second kappa shape index (κ2) is 4.49. The maximum Gasteiger partial charge on any atom is 0.306 e. The van der Waals surface area contributed by atoms with Crippen LogP contribution in [-0.4, -0.2) is 42.2 Å². The molecular formula is C9H16O5S. The first-order valence-electron chi connectivity index (χ1n) is 4.93. The number of aliphatic carboxylic acids is 1. The van der Waals surface area contributed by atoms with Crippen LogP contribution in [-0.2, 0) is 14.6 Å². The number of carboxylic acids is 1. The molecule has 2 N–H and O–H groups in total. The minimum atomic E-state index is -3.05. The van der Waals surface area contributed by atoms with Crippen LogP contribution in [0.25, 0.3) is 0 Å². The topological polar surface area (TPSA) is 91.7 Å². The largest absolute Gasteiger partial charge is 0.481 e. The predicted octanol–water partition coefficient (Wildman–Crippen LogP) is -0.107. The molecule has 0 spiro atoms. The lowest BCUT2D eigenvalue weighted by Gasteiger charge is -2.19. The summed E-state index contributed by atoms with van der Waals surface area (Å²) in [4.78, 5) is 10.9. The van der Waals surface area contributed by atoms with E-state index in [4.69, 9.17) is 10.2 Å². The van der Waals surface area contributed by atoms with E-state index in [-0.39, 0.29) is 23.8 Å². The first-order chi connectivity index (χ1) is 6.82. The van der Waals surface area contributed by atoms with Crippen molar-refractivity contribution in [3.05, 3.63) is 0 Å². The van der Waals surface area contributed by atoms with Crippen molar-refractivity contribution in [2.45, 2.75) is 25.9 Å². The molecule has 1 rings (SSSR count). The number of hydrogen-bond donors (Lipinski definition) is 2. The highest BCUT2D eigenvalue weighted by Crippen LogP contribution is 2.29. The molecule has 0 radical (unpaired) electrons. The van der Waals surface area contributed by atoms with Crippen LogP contribution in [0.4, 0.5) is 0 Å². The van der Waals surface area contributed by atoms with Crippen LogP contribution < -0.4 is 0 Å². The first-order valence-corrected chi connectivity index (χ1v) is 6.75. The molecule has 1 fully saturated rings. The standard InChI is InChI=1S/C9H16O5S/c1-6(10)4-8(9(11)12)7-2-3-15(13,14)5-7/h6-8,10H,2-5H2,1H3,(H,11,12). The smallest absolute Gasteiger partial charge is 0.306 e. The van der Waals surface area contributed by atoms with E-state index < -0.39 is 27.8 Å². The molecule has 0 aromatic carbocycles. The monoisotopic (exact) mass is 236 g/mol. The zero-order valence-electron chi connectivity index (χ0n) is 8.59. The van der Waals surface area contributed by atoms with Crippen LogP contribution in [0, 0.1) is 11.8 Å². The quantitative estimate of drug-likeness (QED) is 0.710. The maximum absolute atomic E-state index is 11.2. The summed E-state index contributed by atoms with van der Waals surface area (Å²) in [5, 5.41) is 18.1. The lowest BCUT2D eigenvalue weighted by atomic mass is 9.87. The lowest BCUT2D eigenvalue weighted by molar-refractivity contribution is -0.144. The molecule has 0 aromatic rings. The van der Waals surface area contributed by atoms with Crippen molar-refractivity contribution < 1.29 is 23.4 Å². The van der Waals surface area contributed by atoms with E-state index in [0.29, 0.717) is 6.42 Å². The van der Waals surface area contributed by atoms with Gasteiger partial charge in [0, 0.05) is 0 Å². The molecule has 3 unspecified atom stereocenters. The Morgan fingerprint density at radius 3 is 2.47 bits per heavy atom. The van der Waals surface area contributed by atoms with Crippen molar-refractivity contribution >= 4 is 15.8 Å². The van der Waals surface area contributed by atoms with E-state index >= 15 is 0 Å². The van der Waals surface area contributed by atoms with Gasteiger partial charge >= 0.3 is 5.97 Å². The Bertz CT molecular complexity index is 332. The fraction of sp³-hybridized carbons (Fsp3) is 0.889. The van der Waals surface area contributed by atoms with Gasteiger partial charge < -0.3 is 10.2 Å². The number of rotatable bonds is 4. The molecule has 0 saturated carbocycles. The molecule has 0 aliphatic carbocycles. The van der Waals surface area contributed by atoms with E-state index in [1.807, 2.05) is 0 Å². The highest BCUT2D eigenvalue weighted by atomic mass is 32.2. The molecule has 1 saturated heterocycles. The van der Waals surface area contributed by atoms with E-state index in [1.165, 1.54) is 6.92 Å². The van der Waals surface area contributed by atoms with Crippen LogP contribution in [0.2, 0.25) is 0 Å². The fourth-order valence-electron chi connectivity index (χ4n) is 2.00. The second-order valence-electron chi connectivity index (χ2n) is 4.19. The van der Waals surface area contributed by atoms with Gasteiger partial charge in [0.15, 0.2) is 9.84 Å². The number of aliphatic hydroxyl groups is 1. The SMILES string of the molecule is CC(O)CC(C(=O)O)C1CCS(=O)(=O)C1. The van der Waals surface area contributed by atoms with Gasteiger partial charge in [-0.1, -0.05) is 0 Å². The molecule has 0 aromatic heterocycles. The Morgan fingerprint density at radius 2 is 2.13 bits per heavy atom. The van der Waals surface area contributed by atoms with Crippen molar-refractivity contribution in [1.29, 1.82) is 0 Å².